The van der Waals surface area contributed by atoms with E-state index in [1.165, 1.54) is 9.13 Å². The van der Waals surface area contributed by atoms with Gasteiger partial charge < -0.3 is 4.74 Å². The van der Waals surface area contributed by atoms with Crippen LogP contribution >= 0.6 is 22.6 Å². The number of rotatable bonds is 2. The minimum Gasteiger partial charge on any atom is -0.466 e. The summed E-state index contributed by atoms with van der Waals surface area (Å²) in [4.78, 5) is 11.3. The molecule has 0 saturated carbocycles. The molecule has 0 bridgehead atoms. The molecule has 1 fully saturated rings. The molecule has 0 aliphatic carbocycles. The minimum absolute atomic E-state index is 0.0342. The summed E-state index contributed by atoms with van der Waals surface area (Å²) >= 11 is 2.30. The molecule has 1 atom stereocenters. The molecule has 1 heterocycles. The Hall–Kier alpha value is -0.580. The molecule has 1 saturated heterocycles. The molecule has 2 rings (SSSR count). The summed E-state index contributed by atoms with van der Waals surface area (Å²) in [6.45, 7) is 0.599. The number of hydrogen-bond acceptors (Lipinski definition) is 2. The van der Waals surface area contributed by atoms with Crippen molar-refractivity contribution in [3.63, 3.8) is 0 Å². The van der Waals surface area contributed by atoms with E-state index in [2.05, 4.69) is 46.9 Å². The van der Waals surface area contributed by atoms with E-state index in [1.807, 2.05) is 0 Å². The van der Waals surface area contributed by atoms with Gasteiger partial charge in [-0.1, -0.05) is 12.1 Å². The van der Waals surface area contributed by atoms with Crippen LogP contribution in [0, 0.1) is 9.49 Å². The Morgan fingerprint density at radius 3 is 2.81 bits per heavy atom. The highest BCUT2D eigenvalue weighted by atomic mass is 127. The largest absolute Gasteiger partial charge is 0.466 e. The molecule has 2 nitrogen and oxygen atoms in total. The van der Waals surface area contributed by atoms with Crippen LogP contribution in [0.1, 0.15) is 24.8 Å². The first-order valence-corrected chi connectivity index (χ1v) is 6.72. The number of ether oxygens (including phenoxy) is 1. The van der Waals surface area contributed by atoms with Gasteiger partial charge in [-0.2, -0.15) is 0 Å². The van der Waals surface area contributed by atoms with Crippen molar-refractivity contribution in [1.29, 1.82) is 0 Å². The lowest BCUT2D eigenvalue weighted by molar-refractivity contribution is -0.143. The van der Waals surface area contributed by atoms with E-state index in [1.54, 1.807) is 0 Å². The first-order valence-electron chi connectivity index (χ1n) is 5.64. The van der Waals surface area contributed by atoms with Crippen LogP contribution in [-0.2, 0) is 16.0 Å². The molecule has 1 aliphatic rings. The van der Waals surface area contributed by atoms with Crippen molar-refractivity contribution in [1.82, 2.24) is 0 Å². The van der Waals surface area contributed by atoms with Crippen LogP contribution in [0.25, 0.3) is 0 Å². The molecule has 0 amide bonds. The zero-order chi connectivity index (χ0) is 11.4. The van der Waals surface area contributed by atoms with Crippen molar-refractivity contribution in [3.8, 4) is 0 Å². The van der Waals surface area contributed by atoms with Crippen LogP contribution in [0.15, 0.2) is 24.3 Å². The molecule has 86 valence electrons. The molecule has 16 heavy (non-hydrogen) atoms. The molecule has 3 heteroatoms. The SMILES string of the molecule is O=C1CC(Cc2ccc(I)cc2)CCCO1. The summed E-state index contributed by atoms with van der Waals surface area (Å²) in [6.07, 6.45) is 3.66. The van der Waals surface area contributed by atoms with Gasteiger partial charge in [-0.05, 0) is 65.5 Å². The van der Waals surface area contributed by atoms with Gasteiger partial charge in [0.25, 0.3) is 0 Å². The standard InChI is InChI=1S/C13H15IO2/c14-12-5-3-10(4-6-12)8-11-2-1-7-16-13(15)9-11/h3-6,11H,1-2,7-9H2. The predicted molar refractivity (Wildman–Crippen MR) is 71.2 cm³/mol. The number of hydrogen-bond donors (Lipinski definition) is 0. The highest BCUT2D eigenvalue weighted by Crippen LogP contribution is 2.21. The van der Waals surface area contributed by atoms with Gasteiger partial charge >= 0.3 is 5.97 Å². The van der Waals surface area contributed by atoms with Crippen LogP contribution < -0.4 is 0 Å². The summed E-state index contributed by atoms with van der Waals surface area (Å²) < 4.78 is 6.30. The second-order valence-electron chi connectivity index (χ2n) is 4.26. The summed E-state index contributed by atoms with van der Waals surface area (Å²) in [5.74, 6) is 0.420. The first kappa shape index (κ1) is 11.9. The van der Waals surface area contributed by atoms with Crippen molar-refractivity contribution in [2.75, 3.05) is 6.61 Å². The highest BCUT2D eigenvalue weighted by Gasteiger charge is 2.18. The Balaban J connectivity index is 1.97. The van der Waals surface area contributed by atoms with Gasteiger partial charge in [0.2, 0.25) is 0 Å². The van der Waals surface area contributed by atoms with E-state index in [4.69, 9.17) is 4.74 Å². The Labute approximate surface area is 110 Å². The molecule has 1 aromatic carbocycles. The smallest absolute Gasteiger partial charge is 0.306 e. The summed E-state index contributed by atoms with van der Waals surface area (Å²) in [5.41, 5.74) is 1.32. The van der Waals surface area contributed by atoms with Gasteiger partial charge in [-0.15, -0.1) is 0 Å². The number of cyclic esters (lactones) is 1. The summed E-state index contributed by atoms with van der Waals surface area (Å²) in [6, 6.07) is 8.53. The number of carbonyl (C=O) groups excluding carboxylic acids is 1. The van der Waals surface area contributed by atoms with Gasteiger partial charge in [-0.3, -0.25) is 4.79 Å². The van der Waals surface area contributed by atoms with E-state index in [-0.39, 0.29) is 5.97 Å². The van der Waals surface area contributed by atoms with Crippen molar-refractivity contribution in [2.24, 2.45) is 5.92 Å². The lowest BCUT2D eigenvalue weighted by atomic mass is 9.93. The van der Waals surface area contributed by atoms with E-state index < -0.39 is 0 Å². The minimum atomic E-state index is -0.0342. The fourth-order valence-electron chi connectivity index (χ4n) is 2.08. The molecule has 1 unspecified atom stereocenters. The van der Waals surface area contributed by atoms with Crippen molar-refractivity contribution in [2.45, 2.75) is 25.7 Å². The summed E-state index contributed by atoms with van der Waals surface area (Å²) in [7, 11) is 0. The van der Waals surface area contributed by atoms with E-state index in [0.717, 1.165) is 19.3 Å². The van der Waals surface area contributed by atoms with Crippen LogP contribution in [0.3, 0.4) is 0 Å². The van der Waals surface area contributed by atoms with Gasteiger partial charge in [0.1, 0.15) is 0 Å². The van der Waals surface area contributed by atoms with Crippen LogP contribution in [0.2, 0.25) is 0 Å². The maximum absolute atomic E-state index is 11.3. The van der Waals surface area contributed by atoms with Crippen molar-refractivity contribution < 1.29 is 9.53 Å². The second-order valence-corrected chi connectivity index (χ2v) is 5.51. The lowest BCUT2D eigenvalue weighted by Gasteiger charge is -2.11. The maximum Gasteiger partial charge on any atom is 0.306 e. The Morgan fingerprint density at radius 1 is 1.31 bits per heavy atom. The number of carbonyl (C=O) groups is 1. The summed E-state index contributed by atoms with van der Waals surface area (Å²) in [5, 5.41) is 0. The third kappa shape index (κ3) is 3.47. The molecular weight excluding hydrogens is 315 g/mol. The van der Waals surface area contributed by atoms with E-state index in [0.29, 0.717) is 18.9 Å². The maximum atomic E-state index is 11.3. The molecule has 1 aromatic rings. The van der Waals surface area contributed by atoms with Gasteiger partial charge in [0, 0.05) is 9.99 Å². The van der Waals surface area contributed by atoms with Crippen LogP contribution in [-0.4, -0.2) is 12.6 Å². The monoisotopic (exact) mass is 330 g/mol. The fraction of sp³-hybridized carbons (Fsp3) is 0.462. The topological polar surface area (TPSA) is 26.3 Å². The third-order valence-corrected chi connectivity index (χ3v) is 3.63. The molecule has 0 N–H and O–H groups in total. The first-order chi connectivity index (χ1) is 7.74. The molecule has 0 spiro atoms. The van der Waals surface area contributed by atoms with Crippen LogP contribution in [0.4, 0.5) is 0 Å². The average Bonchev–Trinajstić information content (AvgIpc) is 2.46. The lowest BCUT2D eigenvalue weighted by Crippen LogP contribution is -2.09. The molecule has 0 aromatic heterocycles. The highest BCUT2D eigenvalue weighted by molar-refractivity contribution is 14.1. The zero-order valence-corrected chi connectivity index (χ0v) is 11.3. The molecule has 1 aliphatic heterocycles. The number of esters is 1. The van der Waals surface area contributed by atoms with Gasteiger partial charge in [0.05, 0.1) is 6.61 Å². The Kier molecular flexibility index (Phi) is 4.21. The average molecular weight is 330 g/mol. The number of halogens is 1. The second kappa shape index (κ2) is 5.66. The zero-order valence-electron chi connectivity index (χ0n) is 9.12. The quantitative estimate of drug-likeness (QED) is 0.615. The predicted octanol–water partition coefficient (Wildman–Crippen LogP) is 3.18. The van der Waals surface area contributed by atoms with Gasteiger partial charge in [-0.25, -0.2) is 0 Å². The fourth-order valence-corrected chi connectivity index (χ4v) is 2.44. The normalized spacial score (nSPS) is 21.3. The van der Waals surface area contributed by atoms with E-state index >= 15 is 0 Å². The Morgan fingerprint density at radius 2 is 2.06 bits per heavy atom. The third-order valence-electron chi connectivity index (χ3n) is 2.91. The number of benzene rings is 1. The van der Waals surface area contributed by atoms with Crippen LogP contribution in [0.5, 0.6) is 0 Å². The van der Waals surface area contributed by atoms with Gasteiger partial charge in [0.15, 0.2) is 0 Å². The van der Waals surface area contributed by atoms with E-state index in [9.17, 15) is 4.79 Å². The van der Waals surface area contributed by atoms with Crippen molar-refractivity contribution >= 4 is 28.6 Å². The van der Waals surface area contributed by atoms with Crippen molar-refractivity contribution in [3.05, 3.63) is 33.4 Å². The Bertz CT molecular complexity index is 359. The molecular formula is C13H15IO2. The molecule has 0 radical (unpaired) electrons.